The van der Waals surface area contributed by atoms with Gasteiger partial charge in [-0.2, -0.15) is 5.26 Å². The molecule has 1 atom stereocenters. The van der Waals surface area contributed by atoms with Crippen molar-refractivity contribution in [1.82, 2.24) is 5.32 Å². The average Bonchev–Trinajstić information content (AvgIpc) is 1.95. The molecule has 0 radical (unpaired) electrons. The van der Waals surface area contributed by atoms with Crippen molar-refractivity contribution < 1.29 is 0 Å². The highest BCUT2D eigenvalue weighted by atomic mass is 14.9. The monoisotopic (exact) mass is 164 g/mol. The summed E-state index contributed by atoms with van der Waals surface area (Å²) in [5.41, 5.74) is 0.169. The smallest absolute Gasteiger partial charge is 0.0965 e. The summed E-state index contributed by atoms with van der Waals surface area (Å²) < 4.78 is 0. The normalized spacial score (nSPS) is 13.1. The van der Waals surface area contributed by atoms with E-state index >= 15 is 0 Å². The first-order valence-corrected chi connectivity index (χ1v) is 4.06. The van der Waals surface area contributed by atoms with Gasteiger partial charge in [-0.05, 0) is 11.8 Å². The molecule has 66 valence electrons. The first-order chi connectivity index (χ1) is 5.49. The summed E-state index contributed by atoms with van der Waals surface area (Å²) in [5, 5.41) is 11.7. The molecule has 1 unspecified atom stereocenters. The third kappa shape index (κ3) is 5.77. The number of nitrogens with zero attached hydrogens (tertiary/aromatic N) is 1. The highest BCUT2D eigenvalue weighted by molar-refractivity contribution is 4.96. The van der Waals surface area contributed by atoms with Crippen molar-refractivity contribution in [3.63, 3.8) is 0 Å². The van der Waals surface area contributed by atoms with E-state index in [4.69, 9.17) is 11.7 Å². The summed E-state index contributed by atoms with van der Waals surface area (Å²) in [6, 6.07) is 2.06. The number of rotatable bonds is 3. The van der Waals surface area contributed by atoms with E-state index in [1.165, 1.54) is 0 Å². The van der Waals surface area contributed by atoms with Crippen LogP contribution in [0.1, 0.15) is 27.2 Å². The Labute approximate surface area is 75.0 Å². The maximum absolute atomic E-state index is 8.73. The van der Waals surface area contributed by atoms with E-state index in [1.54, 1.807) is 0 Å². The number of nitriles is 1. The molecule has 0 aromatic rings. The third-order valence-electron chi connectivity index (χ3n) is 1.42. The molecule has 0 spiro atoms. The number of nitrogens with one attached hydrogen (secondary N) is 1. The topological polar surface area (TPSA) is 35.8 Å². The Morgan fingerprint density at radius 3 is 2.42 bits per heavy atom. The molecule has 0 aromatic heterocycles. The Balaban J connectivity index is 3.88. The van der Waals surface area contributed by atoms with Crippen molar-refractivity contribution in [1.29, 1.82) is 5.26 Å². The van der Waals surface area contributed by atoms with Crippen molar-refractivity contribution in [2.75, 3.05) is 6.54 Å². The first kappa shape index (κ1) is 11.0. The lowest BCUT2D eigenvalue weighted by Gasteiger charge is -2.21. The van der Waals surface area contributed by atoms with E-state index in [-0.39, 0.29) is 11.5 Å². The summed E-state index contributed by atoms with van der Waals surface area (Å²) in [5.74, 6) is 2.46. The van der Waals surface area contributed by atoms with Crippen molar-refractivity contribution in [3.05, 3.63) is 0 Å². The second-order valence-electron chi connectivity index (χ2n) is 4.03. The Kier molecular flexibility index (Phi) is 4.40. The van der Waals surface area contributed by atoms with Crippen LogP contribution in [0.25, 0.3) is 0 Å². The van der Waals surface area contributed by atoms with E-state index in [1.807, 2.05) is 0 Å². The van der Waals surface area contributed by atoms with Crippen LogP contribution >= 0.6 is 0 Å². The number of hydrogen-bond donors (Lipinski definition) is 1. The molecule has 0 saturated carbocycles. The quantitative estimate of drug-likeness (QED) is 0.642. The lowest BCUT2D eigenvalue weighted by molar-refractivity contribution is 0.343. The van der Waals surface area contributed by atoms with Crippen LogP contribution in [0, 0.1) is 29.1 Å². The van der Waals surface area contributed by atoms with Crippen LogP contribution < -0.4 is 5.32 Å². The molecule has 0 rings (SSSR count). The van der Waals surface area contributed by atoms with E-state index < -0.39 is 0 Å². The predicted molar refractivity (Wildman–Crippen MR) is 50.3 cm³/mol. The fourth-order valence-electron chi connectivity index (χ4n) is 0.958. The predicted octanol–water partition coefficient (Wildman–Crippen LogP) is 1.54. The molecule has 0 aromatic carbocycles. The molecular weight excluding hydrogens is 148 g/mol. The molecule has 0 saturated heterocycles. The van der Waals surface area contributed by atoms with E-state index in [2.05, 4.69) is 38.1 Å². The van der Waals surface area contributed by atoms with Crippen LogP contribution in [0.3, 0.4) is 0 Å². The molecule has 12 heavy (non-hydrogen) atoms. The van der Waals surface area contributed by atoms with E-state index in [0.717, 1.165) is 6.42 Å². The van der Waals surface area contributed by atoms with Gasteiger partial charge in [-0.25, -0.2) is 0 Å². The summed E-state index contributed by atoms with van der Waals surface area (Å²) in [6.07, 6.45) is 5.90. The molecule has 2 heteroatoms. The Hall–Kier alpha value is -0.990. The van der Waals surface area contributed by atoms with Gasteiger partial charge in [0.25, 0.3) is 0 Å². The lowest BCUT2D eigenvalue weighted by Crippen LogP contribution is -2.31. The summed E-state index contributed by atoms with van der Waals surface area (Å²) >= 11 is 0. The zero-order valence-corrected chi connectivity index (χ0v) is 8.02. The minimum atomic E-state index is -0.124. The molecule has 0 aliphatic carbocycles. The van der Waals surface area contributed by atoms with Crippen LogP contribution in [0.15, 0.2) is 0 Å². The maximum atomic E-state index is 8.73. The standard InChI is InChI=1S/C10H16N2/c1-5-6-12-9(8-11)7-10(2,3)4/h1,9,12H,6-7H2,2-4H3. The molecule has 0 aliphatic rings. The van der Waals surface area contributed by atoms with Gasteiger partial charge in [-0.15, -0.1) is 6.42 Å². The Morgan fingerprint density at radius 2 is 2.08 bits per heavy atom. The fourth-order valence-corrected chi connectivity index (χ4v) is 0.958. The van der Waals surface area contributed by atoms with Gasteiger partial charge in [0.2, 0.25) is 0 Å². The van der Waals surface area contributed by atoms with Gasteiger partial charge in [0, 0.05) is 0 Å². The van der Waals surface area contributed by atoms with Crippen LogP contribution in [0.5, 0.6) is 0 Å². The van der Waals surface area contributed by atoms with Crippen molar-refractivity contribution >= 4 is 0 Å². The molecule has 0 amide bonds. The molecule has 1 N–H and O–H groups in total. The summed E-state index contributed by atoms with van der Waals surface area (Å²) in [7, 11) is 0. The van der Waals surface area contributed by atoms with Crippen molar-refractivity contribution in [3.8, 4) is 18.4 Å². The Bertz CT molecular complexity index is 199. The van der Waals surface area contributed by atoms with Crippen LogP contribution in [-0.2, 0) is 0 Å². The van der Waals surface area contributed by atoms with Gasteiger partial charge in [-0.3, -0.25) is 5.32 Å². The van der Waals surface area contributed by atoms with Crippen LogP contribution in [0.2, 0.25) is 0 Å². The first-order valence-electron chi connectivity index (χ1n) is 4.06. The van der Waals surface area contributed by atoms with Gasteiger partial charge < -0.3 is 0 Å². The van der Waals surface area contributed by atoms with E-state index in [0.29, 0.717) is 6.54 Å². The van der Waals surface area contributed by atoms with Gasteiger partial charge >= 0.3 is 0 Å². The van der Waals surface area contributed by atoms with Gasteiger partial charge in [0.15, 0.2) is 0 Å². The van der Waals surface area contributed by atoms with Gasteiger partial charge in [0.1, 0.15) is 0 Å². The lowest BCUT2D eigenvalue weighted by atomic mass is 9.88. The zero-order valence-electron chi connectivity index (χ0n) is 8.02. The number of hydrogen-bond acceptors (Lipinski definition) is 2. The second kappa shape index (κ2) is 4.80. The van der Waals surface area contributed by atoms with Gasteiger partial charge in [0.05, 0.1) is 18.7 Å². The van der Waals surface area contributed by atoms with Crippen molar-refractivity contribution in [2.45, 2.75) is 33.2 Å². The highest BCUT2D eigenvalue weighted by Crippen LogP contribution is 2.20. The largest absolute Gasteiger partial charge is 0.291 e. The minimum Gasteiger partial charge on any atom is -0.291 e. The summed E-state index contributed by atoms with van der Waals surface area (Å²) in [6.45, 7) is 6.78. The highest BCUT2D eigenvalue weighted by Gasteiger charge is 2.17. The van der Waals surface area contributed by atoms with Crippen molar-refractivity contribution in [2.24, 2.45) is 5.41 Å². The minimum absolute atomic E-state index is 0.124. The molecule has 0 heterocycles. The fraction of sp³-hybridized carbons (Fsp3) is 0.700. The maximum Gasteiger partial charge on any atom is 0.0965 e. The molecular formula is C10H16N2. The van der Waals surface area contributed by atoms with Crippen LogP contribution in [0.4, 0.5) is 0 Å². The zero-order chi connectivity index (χ0) is 9.61. The Morgan fingerprint density at radius 1 is 1.50 bits per heavy atom. The number of terminal acetylenes is 1. The average molecular weight is 164 g/mol. The second-order valence-corrected chi connectivity index (χ2v) is 4.03. The molecule has 0 bridgehead atoms. The molecule has 2 nitrogen and oxygen atoms in total. The molecule has 0 aliphatic heterocycles. The van der Waals surface area contributed by atoms with Gasteiger partial charge in [-0.1, -0.05) is 26.7 Å². The summed E-state index contributed by atoms with van der Waals surface area (Å²) in [4.78, 5) is 0. The van der Waals surface area contributed by atoms with E-state index in [9.17, 15) is 0 Å². The SMILES string of the molecule is C#CCNC(C#N)CC(C)(C)C. The third-order valence-corrected chi connectivity index (χ3v) is 1.42. The van der Waals surface area contributed by atoms with Crippen LogP contribution in [-0.4, -0.2) is 12.6 Å². The molecule has 0 fully saturated rings.